The second kappa shape index (κ2) is 8.92. The number of piperidine rings is 1. The third-order valence-corrected chi connectivity index (χ3v) is 4.43. The molecule has 4 heteroatoms. The number of amides is 1. The van der Waals surface area contributed by atoms with Gasteiger partial charge >= 0.3 is 0 Å². The summed E-state index contributed by atoms with van der Waals surface area (Å²) >= 11 is 0. The van der Waals surface area contributed by atoms with E-state index in [1.54, 1.807) is 0 Å². The van der Waals surface area contributed by atoms with Crippen molar-refractivity contribution in [2.24, 2.45) is 5.92 Å². The molecule has 1 aromatic rings. The monoisotopic (exact) mass is 318 g/mol. The predicted molar refractivity (Wildman–Crippen MR) is 93.9 cm³/mol. The number of nitrogens with one attached hydrogen (secondary N) is 1. The first-order valence-electron chi connectivity index (χ1n) is 8.78. The highest BCUT2D eigenvalue weighted by Crippen LogP contribution is 2.18. The van der Waals surface area contributed by atoms with Gasteiger partial charge in [-0.05, 0) is 69.0 Å². The van der Waals surface area contributed by atoms with E-state index in [-0.39, 0.29) is 5.91 Å². The van der Waals surface area contributed by atoms with Crippen LogP contribution in [0, 0.1) is 19.8 Å². The van der Waals surface area contributed by atoms with Crippen molar-refractivity contribution < 1.29 is 9.53 Å². The Bertz CT molecular complexity index is 488. The predicted octanol–water partition coefficient (Wildman–Crippen LogP) is 2.92. The number of hydrogen-bond donors (Lipinski definition) is 1. The van der Waals surface area contributed by atoms with E-state index in [0.29, 0.717) is 18.9 Å². The van der Waals surface area contributed by atoms with Crippen LogP contribution in [0.25, 0.3) is 0 Å². The van der Waals surface area contributed by atoms with Gasteiger partial charge in [-0.25, -0.2) is 0 Å². The average molecular weight is 318 g/mol. The Kier molecular flexibility index (Phi) is 6.90. The topological polar surface area (TPSA) is 41.6 Å². The van der Waals surface area contributed by atoms with Crippen molar-refractivity contribution in [3.8, 4) is 5.75 Å². The first-order valence-corrected chi connectivity index (χ1v) is 8.78. The fraction of sp³-hybridized carbons (Fsp3) is 0.632. The Labute approximate surface area is 140 Å². The van der Waals surface area contributed by atoms with Crippen molar-refractivity contribution in [3.63, 3.8) is 0 Å². The zero-order chi connectivity index (χ0) is 16.7. The van der Waals surface area contributed by atoms with E-state index < -0.39 is 0 Å². The lowest BCUT2D eigenvalue weighted by Gasteiger charge is -2.32. The largest absolute Gasteiger partial charge is 0.493 e. The zero-order valence-corrected chi connectivity index (χ0v) is 14.7. The van der Waals surface area contributed by atoms with E-state index >= 15 is 0 Å². The third kappa shape index (κ3) is 5.87. The maximum Gasteiger partial charge on any atom is 0.225 e. The highest BCUT2D eigenvalue weighted by molar-refractivity contribution is 5.76. The molecule has 1 amide bonds. The molecule has 0 saturated carbocycles. The number of nitrogens with zero attached hydrogens (tertiary/aromatic N) is 1. The van der Waals surface area contributed by atoms with Gasteiger partial charge in [0.05, 0.1) is 13.0 Å². The molecule has 1 aliphatic rings. The van der Waals surface area contributed by atoms with Crippen LogP contribution in [0.4, 0.5) is 0 Å². The lowest BCUT2D eigenvalue weighted by atomic mass is 9.96. The Morgan fingerprint density at radius 2 is 1.87 bits per heavy atom. The molecule has 0 spiro atoms. The number of likely N-dealkylation sites (tertiary alicyclic amines) is 1. The molecule has 1 saturated heterocycles. The van der Waals surface area contributed by atoms with Crippen molar-refractivity contribution in [2.45, 2.75) is 40.0 Å². The summed E-state index contributed by atoms with van der Waals surface area (Å²) in [7, 11) is 0. The summed E-state index contributed by atoms with van der Waals surface area (Å²) in [6.07, 6.45) is 2.68. The molecule has 1 N–H and O–H groups in total. The minimum absolute atomic E-state index is 0.219. The second-order valence-corrected chi connectivity index (χ2v) is 6.55. The van der Waals surface area contributed by atoms with E-state index in [1.807, 2.05) is 17.0 Å². The molecule has 0 unspecified atom stereocenters. The van der Waals surface area contributed by atoms with Crippen LogP contribution in [0.15, 0.2) is 18.2 Å². The maximum atomic E-state index is 12.3. The van der Waals surface area contributed by atoms with E-state index in [9.17, 15) is 4.79 Å². The molecule has 1 aromatic carbocycles. The van der Waals surface area contributed by atoms with Gasteiger partial charge in [0.15, 0.2) is 0 Å². The summed E-state index contributed by atoms with van der Waals surface area (Å²) < 4.78 is 5.75. The molecule has 23 heavy (non-hydrogen) atoms. The summed E-state index contributed by atoms with van der Waals surface area (Å²) in [4.78, 5) is 14.3. The highest BCUT2D eigenvalue weighted by Gasteiger charge is 2.22. The van der Waals surface area contributed by atoms with E-state index in [2.05, 4.69) is 32.2 Å². The fourth-order valence-corrected chi connectivity index (χ4v) is 3.17. The number of ether oxygens (including phenoxy) is 1. The lowest BCUT2D eigenvalue weighted by molar-refractivity contribution is -0.133. The molecule has 1 heterocycles. The molecule has 4 nitrogen and oxygen atoms in total. The molecular weight excluding hydrogens is 288 g/mol. The summed E-state index contributed by atoms with van der Waals surface area (Å²) in [6.45, 7) is 10.6. The van der Waals surface area contributed by atoms with Gasteiger partial charge in [-0.1, -0.05) is 13.0 Å². The maximum absolute atomic E-state index is 12.3. The number of benzene rings is 1. The molecule has 0 atom stereocenters. The first kappa shape index (κ1) is 17.8. The number of carbonyl (C=O) groups excluding carboxylic acids is 1. The zero-order valence-electron chi connectivity index (χ0n) is 14.7. The number of hydrogen-bond acceptors (Lipinski definition) is 3. The summed E-state index contributed by atoms with van der Waals surface area (Å²) in [5, 5.41) is 3.40. The van der Waals surface area contributed by atoms with Crippen LogP contribution >= 0.6 is 0 Å². The van der Waals surface area contributed by atoms with Gasteiger partial charge in [0.2, 0.25) is 5.91 Å². The van der Waals surface area contributed by atoms with Crippen LogP contribution in [0.5, 0.6) is 5.75 Å². The molecule has 128 valence electrons. The molecule has 0 aliphatic carbocycles. The van der Waals surface area contributed by atoms with E-state index in [0.717, 1.165) is 44.8 Å². The molecule has 0 aromatic heterocycles. The quantitative estimate of drug-likeness (QED) is 0.840. The van der Waals surface area contributed by atoms with Crippen LogP contribution in [-0.2, 0) is 4.79 Å². The standard InChI is InChI=1S/C19H30N2O2/c1-4-20-14-17-5-8-21(9-6-17)19(22)7-10-23-18-12-15(2)11-16(3)13-18/h11-13,17,20H,4-10,14H2,1-3H3. The van der Waals surface area contributed by atoms with E-state index in [1.165, 1.54) is 11.1 Å². The SMILES string of the molecule is CCNCC1CCN(C(=O)CCOc2cc(C)cc(C)c2)CC1. The minimum Gasteiger partial charge on any atom is -0.493 e. The number of carbonyl (C=O) groups is 1. The Morgan fingerprint density at radius 1 is 1.22 bits per heavy atom. The van der Waals surface area contributed by atoms with Gasteiger partial charge in [-0.3, -0.25) is 4.79 Å². The van der Waals surface area contributed by atoms with Gasteiger partial charge in [0, 0.05) is 13.1 Å². The fourth-order valence-electron chi connectivity index (χ4n) is 3.17. The Hall–Kier alpha value is -1.55. The summed E-state index contributed by atoms with van der Waals surface area (Å²) in [6, 6.07) is 6.16. The summed E-state index contributed by atoms with van der Waals surface area (Å²) in [5.74, 6) is 1.79. The molecule has 1 fully saturated rings. The van der Waals surface area contributed by atoms with Gasteiger partial charge in [0.1, 0.15) is 5.75 Å². The molecule has 1 aliphatic heterocycles. The van der Waals surface area contributed by atoms with Crippen LogP contribution in [0.3, 0.4) is 0 Å². The van der Waals surface area contributed by atoms with Crippen molar-refractivity contribution in [2.75, 3.05) is 32.8 Å². The van der Waals surface area contributed by atoms with Crippen LogP contribution < -0.4 is 10.1 Å². The number of rotatable bonds is 7. The van der Waals surface area contributed by atoms with Crippen molar-refractivity contribution in [1.82, 2.24) is 10.2 Å². The van der Waals surface area contributed by atoms with E-state index in [4.69, 9.17) is 4.74 Å². The van der Waals surface area contributed by atoms with Crippen LogP contribution in [0.1, 0.15) is 37.3 Å². The van der Waals surface area contributed by atoms with Crippen LogP contribution in [-0.4, -0.2) is 43.6 Å². The molecule has 2 rings (SSSR count). The van der Waals surface area contributed by atoms with Gasteiger partial charge < -0.3 is 15.0 Å². The van der Waals surface area contributed by atoms with Gasteiger partial charge in [-0.15, -0.1) is 0 Å². The van der Waals surface area contributed by atoms with Gasteiger partial charge in [-0.2, -0.15) is 0 Å². The Morgan fingerprint density at radius 3 is 2.48 bits per heavy atom. The average Bonchev–Trinajstić information content (AvgIpc) is 2.52. The highest BCUT2D eigenvalue weighted by atomic mass is 16.5. The van der Waals surface area contributed by atoms with Crippen molar-refractivity contribution >= 4 is 5.91 Å². The lowest BCUT2D eigenvalue weighted by Crippen LogP contribution is -2.41. The molecule has 0 bridgehead atoms. The third-order valence-electron chi connectivity index (χ3n) is 4.43. The molecular formula is C19H30N2O2. The van der Waals surface area contributed by atoms with Crippen LogP contribution in [0.2, 0.25) is 0 Å². The Balaban J connectivity index is 1.69. The number of aryl methyl sites for hydroxylation is 2. The van der Waals surface area contributed by atoms with Gasteiger partial charge in [0.25, 0.3) is 0 Å². The van der Waals surface area contributed by atoms with Crippen molar-refractivity contribution in [1.29, 1.82) is 0 Å². The summed E-state index contributed by atoms with van der Waals surface area (Å²) in [5.41, 5.74) is 2.38. The first-order chi connectivity index (χ1) is 11.1. The minimum atomic E-state index is 0.219. The molecule has 0 radical (unpaired) electrons. The smallest absolute Gasteiger partial charge is 0.225 e. The second-order valence-electron chi connectivity index (χ2n) is 6.55. The van der Waals surface area contributed by atoms with Crippen molar-refractivity contribution in [3.05, 3.63) is 29.3 Å². The normalized spacial score (nSPS) is 15.7.